The maximum atomic E-state index is 14.4. The van der Waals surface area contributed by atoms with E-state index in [9.17, 15) is 13.6 Å². The molecule has 7 nitrogen and oxygen atoms in total. The van der Waals surface area contributed by atoms with Crippen molar-refractivity contribution in [3.05, 3.63) is 113 Å². The Kier molecular flexibility index (Phi) is 8.14. The third kappa shape index (κ3) is 6.46. The van der Waals surface area contributed by atoms with Crippen molar-refractivity contribution in [3.8, 4) is 11.5 Å². The minimum absolute atomic E-state index is 0.00292. The van der Waals surface area contributed by atoms with Crippen LogP contribution in [0.15, 0.2) is 83.9 Å². The molecule has 0 saturated carbocycles. The fraction of sp³-hybridized carbons (Fsp3) is 0.188. The molecule has 0 aromatic heterocycles. The minimum Gasteiger partial charge on any atom is -0.493 e. The van der Waals surface area contributed by atoms with Crippen molar-refractivity contribution in [1.29, 1.82) is 0 Å². The van der Waals surface area contributed by atoms with Crippen molar-refractivity contribution in [3.63, 3.8) is 0 Å². The van der Waals surface area contributed by atoms with Crippen molar-refractivity contribution in [1.82, 2.24) is 0 Å². The van der Waals surface area contributed by atoms with Gasteiger partial charge in [0, 0.05) is 35.5 Å². The van der Waals surface area contributed by atoms with Crippen LogP contribution in [0.1, 0.15) is 28.2 Å². The number of aliphatic imine (C=N–C) groups is 1. The summed E-state index contributed by atoms with van der Waals surface area (Å²) in [6.45, 7) is 2.40. The summed E-state index contributed by atoms with van der Waals surface area (Å²) in [4.78, 5) is 17.2. The first-order chi connectivity index (χ1) is 19.8. The molecular formula is C32H30F2N4O3. The topological polar surface area (TPSA) is 84.0 Å². The van der Waals surface area contributed by atoms with E-state index in [0.717, 1.165) is 34.0 Å². The summed E-state index contributed by atoms with van der Waals surface area (Å²) in [6.07, 6.45) is 0.667. The Morgan fingerprint density at radius 2 is 1.63 bits per heavy atom. The number of fused-ring (bicyclic) bond motifs is 1. The summed E-state index contributed by atoms with van der Waals surface area (Å²) < 4.78 is 38.9. The molecule has 4 aromatic carbocycles. The Hall–Kier alpha value is -4.92. The zero-order valence-electron chi connectivity index (χ0n) is 22.9. The van der Waals surface area contributed by atoms with Crippen LogP contribution in [0.3, 0.4) is 0 Å². The minimum atomic E-state index is -0.710. The van der Waals surface area contributed by atoms with E-state index in [-0.39, 0.29) is 17.6 Å². The van der Waals surface area contributed by atoms with E-state index in [1.165, 1.54) is 12.1 Å². The number of halogens is 2. The number of ether oxygens (including phenoxy) is 2. The van der Waals surface area contributed by atoms with Crippen molar-refractivity contribution >= 4 is 28.9 Å². The van der Waals surface area contributed by atoms with Crippen LogP contribution in [0.5, 0.6) is 11.5 Å². The Morgan fingerprint density at radius 3 is 2.34 bits per heavy atom. The average Bonchev–Trinajstić information content (AvgIpc) is 2.95. The Balaban J connectivity index is 1.34. The van der Waals surface area contributed by atoms with Crippen LogP contribution in [0.4, 0.5) is 30.6 Å². The summed E-state index contributed by atoms with van der Waals surface area (Å²) in [5.41, 5.74) is 5.33. The van der Waals surface area contributed by atoms with Gasteiger partial charge in [0.1, 0.15) is 17.5 Å². The Morgan fingerprint density at radius 1 is 0.902 bits per heavy atom. The number of aryl methyl sites for hydroxylation is 1. The molecule has 5 rings (SSSR count). The number of rotatable bonds is 7. The predicted octanol–water partition coefficient (Wildman–Crippen LogP) is 7.13. The molecule has 0 saturated heterocycles. The Labute approximate surface area is 237 Å². The summed E-state index contributed by atoms with van der Waals surface area (Å²) in [5.74, 6) is 0.181. The van der Waals surface area contributed by atoms with Gasteiger partial charge in [0.2, 0.25) is 0 Å². The molecule has 210 valence electrons. The van der Waals surface area contributed by atoms with Gasteiger partial charge in [0.05, 0.1) is 19.9 Å². The second-order valence-electron chi connectivity index (χ2n) is 9.78. The maximum Gasteiger partial charge on any atom is 0.323 e. The van der Waals surface area contributed by atoms with Crippen LogP contribution >= 0.6 is 0 Å². The van der Waals surface area contributed by atoms with Crippen molar-refractivity contribution < 1.29 is 23.0 Å². The van der Waals surface area contributed by atoms with E-state index in [2.05, 4.69) is 16.0 Å². The molecule has 1 unspecified atom stereocenters. The lowest BCUT2D eigenvalue weighted by Gasteiger charge is -2.27. The molecule has 0 spiro atoms. The van der Waals surface area contributed by atoms with Gasteiger partial charge >= 0.3 is 6.03 Å². The number of benzene rings is 4. The molecule has 4 aromatic rings. The molecule has 0 bridgehead atoms. The molecule has 1 aliphatic heterocycles. The van der Waals surface area contributed by atoms with Crippen LogP contribution in [0.2, 0.25) is 0 Å². The third-order valence-electron chi connectivity index (χ3n) is 6.87. The van der Waals surface area contributed by atoms with E-state index in [1.807, 2.05) is 67.6 Å². The van der Waals surface area contributed by atoms with Gasteiger partial charge in [-0.3, -0.25) is 4.99 Å². The first-order valence-corrected chi connectivity index (χ1v) is 13.1. The van der Waals surface area contributed by atoms with Crippen molar-refractivity contribution in [2.75, 3.05) is 36.7 Å². The highest BCUT2D eigenvalue weighted by molar-refractivity contribution is 6.10. The first kappa shape index (κ1) is 27.6. The first-order valence-electron chi connectivity index (χ1n) is 13.1. The molecule has 0 aliphatic carbocycles. The molecule has 1 heterocycles. The lowest BCUT2D eigenvalue weighted by molar-refractivity contribution is 0.262. The molecule has 41 heavy (non-hydrogen) atoms. The summed E-state index contributed by atoms with van der Waals surface area (Å²) in [7, 11) is 3.12. The Bertz CT molecular complexity index is 1610. The average molecular weight is 557 g/mol. The number of methoxy groups -OCH3 is 2. The second kappa shape index (κ2) is 12.1. The number of amides is 2. The van der Waals surface area contributed by atoms with Gasteiger partial charge in [-0.15, -0.1) is 0 Å². The number of nitrogens with one attached hydrogen (secondary N) is 3. The van der Waals surface area contributed by atoms with Crippen LogP contribution < -0.4 is 25.4 Å². The van der Waals surface area contributed by atoms with E-state index < -0.39 is 11.6 Å². The number of anilines is 3. The van der Waals surface area contributed by atoms with Crippen LogP contribution in [0.25, 0.3) is 0 Å². The largest absolute Gasteiger partial charge is 0.493 e. The highest BCUT2D eigenvalue weighted by atomic mass is 19.1. The standard InChI is InChI=1S/C32H30F2N4O3/c1-19-5-4-6-24(13-19)37-32(39)36-23-10-7-20(8-11-23)14-21-18-35-31(38-28-12-9-22(33)15-27(28)34)26-17-30(41-3)29(40-2)16-25(21)26/h4-13,15-17,21H,14,18H2,1-3H3,(H,35,38)(H2,36,37,39). The summed E-state index contributed by atoms with van der Waals surface area (Å²) >= 11 is 0. The molecule has 3 N–H and O–H groups in total. The van der Waals surface area contributed by atoms with Gasteiger partial charge in [-0.1, -0.05) is 24.3 Å². The summed E-state index contributed by atoms with van der Waals surface area (Å²) in [5, 5.41) is 8.71. The molecule has 1 atom stereocenters. The molecule has 0 fully saturated rings. The molecule has 9 heteroatoms. The number of nitrogens with zero attached hydrogens (tertiary/aromatic N) is 1. The normalized spacial score (nSPS) is 14.0. The van der Waals surface area contributed by atoms with E-state index in [4.69, 9.17) is 14.5 Å². The molecule has 2 amide bonds. The lowest BCUT2D eigenvalue weighted by Crippen LogP contribution is -2.25. The van der Waals surface area contributed by atoms with Gasteiger partial charge in [0.15, 0.2) is 11.5 Å². The van der Waals surface area contributed by atoms with Crippen LogP contribution in [-0.2, 0) is 6.42 Å². The molecule has 0 radical (unpaired) electrons. The highest BCUT2D eigenvalue weighted by Gasteiger charge is 2.26. The van der Waals surface area contributed by atoms with E-state index in [0.29, 0.717) is 36.0 Å². The highest BCUT2D eigenvalue weighted by Crippen LogP contribution is 2.38. The van der Waals surface area contributed by atoms with Crippen LogP contribution in [0, 0.1) is 18.6 Å². The number of carbonyl (C=O) groups excluding carboxylic acids is 1. The molecular weight excluding hydrogens is 526 g/mol. The fourth-order valence-electron chi connectivity index (χ4n) is 4.85. The van der Waals surface area contributed by atoms with Crippen molar-refractivity contribution in [2.45, 2.75) is 19.3 Å². The summed E-state index contributed by atoms with van der Waals surface area (Å²) in [6, 6.07) is 22.0. The number of amidine groups is 1. The van der Waals surface area contributed by atoms with Gasteiger partial charge in [0.25, 0.3) is 0 Å². The number of hydrogen-bond acceptors (Lipinski definition) is 5. The van der Waals surface area contributed by atoms with Gasteiger partial charge in [-0.25, -0.2) is 13.6 Å². The smallest absolute Gasteiger partial charge is 0.323 e. The second-order valence-corrected chi connectivity index (χ2v) is 9.78. The number of hydrogen-bond donors (Lipinski definition) is 3. The fourth-order valence-corrected chi connectivity index (χ4v) is 4.85. The monoisotopic (exact) mass is 556 g/mol. The number of urea groups is 1. The van der Waals surface area contributed by atoms with Crippen LogP contribution in [-0.4, -0.2) is 32.6 Å². The number of carbonyl (C=O) groups is 1. The van der Waals surface area contributed by atoms with Gasteiger partial charge in [-0.2, -0.15) is 0 Å². The maximum absolute atomic E-state index is 14.4. The predicted molar refractivity (Wildman–Crippen MR) is 158 cm³/mol. The lowest BCUT2D eigenvalue weighted by atomic mass is 9.86. The van der Waals surface area contributed by atoms with Crippen molar-refractivity contribution in [2.24, 2.45) is 4.99 Å². The molecule has 1 aliphatic rings. The zero-order chi connectivity index (χ0) is 28.9. The quantitative estimate of drug-likeness (QED) is 0.226. The van der Waals surface area contributed by atoms with Gasteiger partial charge < -0.3 is 25.4 Å². The zero-order valence-corrected chi connectivity index (χ0v) is 22.9. The van der Waals surface area contributed by atoms with E-state index in [1.54, 1.807) is 14.2 Å². The van der Waals surface area contributed by atoms with E-state index >= 15 is 0 Å². The SMILES string of the molecule is COc1cc2c(cc1OC)C(Cc1ccc(NC(=O)Nc3cccc(C)c3)cc1)CN=C2Nc1ccc(F)cc1F. The van der Waals surface area contributed by atoms with Gasteiger partial charge in [-0.05, 0) is 78.6 Å². The third-order valence-corrected chi connectivity index (χ3v) is 6.87.